The Morgan fingerprint density at radius 2 is 2.24 bits per heavy atom. The maximum Gasteiger partial charge on any atom is 0.222 e. The molecule has 122 valence electrons. The monoisotopic (exact) mass is 410 g/mol. The summed E-state index contributed by atoms with van der Waals surface area (Å²) in [5.41, 5.74) is -0.596. The van der Waals surface area contributed by atoms with Crippen LogP contribution in [-0.2, 0) is 4.79 Å². The van der Waals surface area contributed by atoms with Crippen LogP contribution in [0, 0.1) is 0 Å². The lowest BCUT2D eigenvalue weighted by Crippen LogP contribution is -2.52. The standard InChI is InChI=1S/C14H26N4O2.HI/c1-3-15-13(16-10-14(20)7-4-8-14)17-11-5-6-12(19)18(2)9-11;/h11,20H,3-10H2,1-2H3,(H2,15,16,17);1H. The number of carbonyl (C=O) groups excluding carboxylic acids is 1. The van der Waals surface area contributed by atoms with Crippen molar-refractivity contribution in [2.75, 3.05) is 26.7 Å². The number of aliphatic imine (C=N–C) groups is 1. The number of hydrogen-bond donors (Lipinski definition) is 3. The van der Waals surface area contributed by atoms with Gasteiger partial charge in [0.25, 0.3) is 0 Å². The van der Waals surface area contributed by atoms with Crippen molar-refractivity contribution < 1.29 is 9.90 Å². The van der Waals surface area contributed by atoms with Crippen molar-refractivity contribution in [2.45, 2.75) is 50.7 Å². The molecule has 1 aliphatic heterocycles. The molecule has 0 bridgehead atoms. The molecule has 7 heteroatoms. The Hall–Kier alpha value is -0.570. The molecule has 0 aromatic heterocycles. The lowest BCUT2D eigenvalue weighted by molar-refractivity contribution is -0.132. The summed E-state index contributed by atoms with van der Waals surface area (Å²) in [7, 11) is 1.83. The van der Waals surface area contributed by atoms with Gasteiger partial charge in [-0.2, -0.15) is 0 Å². The molecule has 1 unspecified atom stereocenters. The summed E-state index contributed by atoms with van der Waals surface area (Å²) in [6.07, 6.45) is 4.19. The molecule has 1 aliphatic carbocycles. The lowest BCUT2D eigenvalue weighted by Gasteiger charge is -2.35. The zero-order valence-corrected chi connectivity index (χ0v) is 15.2. The summed E-state index contributed by atoms with van der Waals surface area (Å²) in [6, 6.07) is 0.228. The first-order valence-electron chi connectivity index (χ1n) is 7.53. The Labute approximate surface area is 143 Å². The van der Waals surface area contributed by atoms with Gasteiger partial charge in [-0.15, -0.1) is 24.0 Å². The van der Waals surface area contributed by atoms with E-state index in [2.05, 4.69) is 15.6 Å². The van der Waals surface area contributed by atoms with E-state index in [0.29, 0.717) is 19.5 Å². The molecule has 1 atom stereocenters. The molecule has 2 fully saturated rings. The van der Waals surface area contributed by atoms with Crippen LogP contribution in [0.5, 0.6) is 0 Å². The molecule has 0 radical (unpaired) electrons. The van der Waals surface area contributed by atoms with Crippen LogP contribution in [0.4, 0.5) is 0 Å². The number of halogens is 1. The number of guanidine groups is 1. The van der Waals surface area contributed by atoms with Gasteiger partial charge in [-0.05, 0) is 32.6 Å². The van der Waals surface area contributed by atoms with E-state index < -0.39 is 5.60 Å². The van der Waals surface area contributed by atoms with E-state index in [-0.39, 0.29) is 35.9 Å². The van der Waals surface area contributed by atoms with Crippen LogP contribution in [0.2, 0.25) is 0 Å². The molecule has 1 heterocycles. The zero-order valence-electron chi connectivity index (χ0n) is 12.9. The quantitative estimate of drug-likeness (QED) is 0.362. The molecule has 3 N–H and O–H groups in total. The summed E-state index contributed by atoms with van der Waals surface area (Å²) < 4.78 is 0. The second-order valence-electron chi connectivity index (χ2n) is 5.93. The van der Waals surface area contributed by atoms with E-state index in [1.54, 1.807) is 4.90 Å². The van der Waals surface area contributed by atoms with Crippen LogP contribution < -0.4 is 10.6 Å². The van der Waals surface area contributed by atoms with Crippen molar-refractivity contribution in [1.82, 2.24) is 15.5 Å². The summed E-state index contributed by atoms with van der Waals surface area (Å²) >= 11 is 0. The number of nitrogens with zero attached hydrogens (tertiary/aromatic N) is 2. The van der Waals surface area contributed by atoms with Gasteiger partial charge in [-0.25, -0.2) is 0 Å². The fraction of sp³-hybridized carbons (Fsp3) is 0.857. The topological polar surface area (TPSA) is 77.0 Å². The highest BCUT2D eigenvalue weighted by atomic mass is 127. The first-order valence-corrected chi connectivity index (χ1v) is 7.53. The second kappa shape index (κ2) is 8.17. The number of aliphatic hydroxyl groups is 1. The van der Waals surface area contributed by atoms with Crippen molar-refractivity contribution in [1.29, 1.82) is 0 Å². The van der Waals surface area contributed by atoms with Crippen LogP contribution in [-0.4, -0.2) is 60.2 Å². The van der Waals surface area contributed by atoms with Gasteiger partial charge in [-0.1, -0.05) is 0 Å². The zero-order chi connectivity index (χ0) is 14.6. The molecule has 0 spiro atoms. The smallest absolute Gasteiger partial charge is 0.222 e. The average molecular weight is 410 g/mol. The summed E-state index contributed by atoms with van der Waals surface area (Å²) in [4.78, 5) is 17.7. The molecule has 0 aromatic carbocycles. The Morgan fingerprint density at radius 1 is 1.52 bits per heavy atom. The normalized spacial score (nSPS) is 24.9. The van der Waals surface area contributed by atoms with E-state index >= 15 is 0 Å². The third-order valence-electron chi connectivity index (χ3n) is 4.13. The fourth-order valence-electron chi connectivity index (χ4n) is 2.61. The Kier molecular flexibility index (Phi) is 7.19. The van der Waals surface area contributed by atoms with Gasteiger partial charge >= 0.3 is 0 Å². The minimum Gasteiger partial charge on any atom is -0.388 e. The minimum atomic E-state index is -0.596. The van der Waals surface area contributed by atoms with Gasteiger partial charge < -0.3 is 20.6 Å². The lowest BCUT2D eigenvalue weighted by atomic mass is 9.80. The van der Waals surface area contributed by atoms with Crippen LogP contribution in [0.3, 0.4) is 0 Å². The number of rotatable bonds is 4. The summed E-state index contributed by atoms with van der Waals surface area (Å²) in [5, 5.41) is 16.7. The summed E-state index contributed by atoms with van der Waals surface area (Å²) in [5.74, 6) is 0.939. The molecular weight excluding hydrogens is 383 g/mol. The summed E-state index contributed by atoms with van der Waals surface area (Å²) in [6.45, 7) is 3.95. The van der Waals surface area contributed by atoms with E-state index in [1.807, 2.05) is 14.0 Å². The van der Waals surface area contributed by atoms with E-state index in [9.17, 15) is 9.90 Å². The first kappa shape index (κ1) is 18.5. The maximum absolute atomic E-state index is 11.5. The van der Waals surface area contributed by atoms with Gasteiger partial charge in [0.05, 0.1) is 12.1 Å². The molecule has 1 saturated carbocycles. The van der Waals surface area contributed by atoms with Crippen LogP contribution in [0.15, 0.2) is 4.99 Å². The molecular formula is C14H27IN4O2. The molecule has 21 heavy (non-hydrogen) atoms. The van der Waals surface area contributed by atoms with E-state index in [0.717, 1.165) is 38.2 Å². The van der Waals surface area contributed by atoms with Crippen molar-refractivity contribution in [3.8, 4) is 0 Å². The van der Waals surface area contributed by atoms with Crippen molar-refractivity contribution >= 4 is 35.8 Å². The first-order chi connectivity index (χ1) is 9.52. The Balaban J connectivity index is 0.00000220. The SMILES string of the molecule is CCNC(=NCC1(O)CCC1)NC1CCC(=O)N(C)C1.I. The molecule has 0 aromatic rings. The molecule has 1 amide bonds. The third kappa shape index (κ3) is 5.28. The molecule has 1 saturated heterocycles. The highest BCUT2D eigenvalue weighted by Crippen LogP contribution is 2.31. The Morgan fingerprint density at radius 3 is 2.76 bits per heavy atom. The maximum atomic E-state index is 11.5. The van der Waals surface area contributed by atoms with Gasteiger partial charge in [0.1, 0.15) is 0 Å². The second-order valence-corrected chi connectivity index (χ2v) is 5.93. The number of piperidine rings is 1. The largest absolute Gasteiger partial charge is 0.388 e. The van der Waals surface area contributed by atoms with Gasteiger partial charge in [0.2, 0.25) is 5.91 Å². The van der Waals surface area contributed by atoms with Gasteiger partial charge in [0, 0.05) is 32.6 Å². The fourth-order valence-corrected chi connectivity index (χ4v) is 2.61. The predicted molar refractivity (Wildman–Crippen MR) is 94.0 cm³/mol. The highest BCUT2D eigenvalue weighted by molar-refractivity contribution is 14.0. The van der Waals surface area contributed by atoms with Gasteiger partial charge in [-0.3, -0.25) is 9.79 Å². The number of amides is 1. The van der Waals surface area contributed by atoms with Crippen molar-refractivity contribution in [3.63, 3.8) is 0 Å². The van der Waals surface area contributed by atoms with E-state index in [1.165, 1.54) is 0 Å². The van der Waals surface area contributed by atoms with Gasteiger partial charge in [0.15, 0.2) is 5.96 Å². The Bertz CT molecular complexity index is 385. The number of likely N-dealkylation sites (tertiary alicyclic amines) is 1. The van der Waals surface area contributed by atoms with Crippen molar-refractivity contribution in [2.24, 2.45) is 4.99 Å². The van der Waals surface area contributed by atoms with Crippen LogP contribution in [0.1, 0.15) is 39.0 Å². The molecule has 2 rings (SSSR count). The highest BCUT2D eigenvalue weighted by Gasteiger charge is 2.34. The van der Waals surface area contributed by atoms with Crippen LogP contribution >= 0.6 is 24.0 Å². The van der Waals surface area contributed by atoms with E-state index in [4.69, 9.17) is 0 Å². The average Bonchev–Trinajstić information content (AvgIpc) is 2.38. The molecule has 6 nitrogen and oxygen atoms in total. The third-order valence-corrected chi connectivity index (χ3v) is 4.13. The number of likely N-dealkylation sites (N-methyl/N-ethyl adjacent to an activating group) is 1. The number of nitrogens with one attached hydrogen (secondary N) is 2. The van der Waals surface area contributed by atoms with Crippen LogP contribution in [0.25, 0.3) is 0 Å². The number of carbonyl (C=O) groups is 1. The minimum absolute atomic E-state index is 0. The number of hydrogen-bond acceptors (Lipinski definition) is 3. The van der Waals surface area contributed by atoms with Crippen molar-refractivity contribution in [3.05, 3.63) is 0 Å². The molecule has 2 aliphatic rings. The predicted octanol–water partition coefficient (Wildman–Crippen LogP) is 0.695.